The molecule has 2 saturated heterocycles. The number of benzene rings is 1. The van der Waals surface area contributed by atoms with Gasteiger partial charge in [0, 0.05) is 30.1 Å². The smallest absolute Gasteiger partial charge is 0.337 e. The van der Waals surface area contributed by atoms with Gasteiger partial charge in [-0.3, -0.25) is 9.69 Å². The molecule has 0 radical (unpaired) electrons. The molecule has 0 saturated carbocycles. The monoisotopic (exact) mass is 560 g/mol. The number of nitrogens with zero attached hydrogens (tertiary/aromatic N) is 2. The molecule has 7 heteroatoms. The molecule has 0 aromatic heterocycles. The number of rotatable bonds is 11. The second-order valence-corrected chi connectivity index (χ2v) is 11.3. The quantitative estimate of drug-likeness (QED) is 0.118. The predicted octanol–water partition coefficient (Wildman–Crippen LogP) is 5.44. The van der Waals surface area contributed by atoms with Crippen LogP contribution in [-0.4, -0.2) is 62.0 Å². The molecule has 3 heterocycles. The second-order valence-electron chi connectivity index (χ2n) is 10.5. The van der Waals surface area contributed by atoms with E-state index in [9.17, 15) is 9.59 Å². The summed E-state index contributed by atoms with van der Waals surface area (Å²) in [7, 11) is 3.00. The van der Waals surface area contributed by atoms with E-state index in [2.05, 4.69) is 50.9 Å². The van der Waals surface area contributed by atoms with E-state index in [0.29, 0.717) is 11.5 Å². The van der Waals surface area contributed by atoms with Crippen molar-refractivity contribution in [1.29, 1.82) is 0 Å². The number of methoxy groups -OCH3 is 2. The Morgan fingerprint density at radius 1 is 1.17 bits per heavy atom. The third kappa shape index (κ3) is 4.85. The lowest BCUT2D eigenvalue weighted by Gasteiger charge is -2.45. The topological polar surface area (TPSA) is 59.1 Å². The van der Waals surface area contributed by atoms with Gasteiger partial charge in [0.2, 0.25) is 5.91 Å². The zero-order valence-electron chi connectivity index (χ0n) is 22.0. The lowest BCUT2D eigenvalue weighted by Crippen LogP contribution is -2.55. The van der Waals surface area contributed by atoms with Gasteiger partial charge in [0.25, 0.3) is 0 Å². The number of para-hydroxylation sites is 1. The van der Waals surface area contributed by atoms with E-state index in [1.54, 1.807) is 13.4 Å². The maximum absolute atomic E-state index is 14.3. The van der Waals surface area contributed by atoms with E-state index in [0.717, 1.165) is 62.8 Å². The summed E-state index contributed by atoms with van der Waals surface area (Å²) in [5, 5.41) is 1.06. The minimum absolute atomic E-state index is 0.00192. The fourth-order valence-corrected chi connectivity index (χ4v) is 7.34. The number of ether oxygens (including phenoxy) is 2. The minimum atomic E-state index is -0.544. The number of anilines is 1. The van der Waals surface area contributed by atoms with E-state index in [4.69, 9.17) is 9.47 Å². The summed E-state index contributed by atoms with van der Waals surface area (Å²) in [4.78, 5) is 31.6. The molecule has 0 aliphatic carbocycles. The summed E-state index contributed by atoms with van der Waals surface area (Å²) in [5.74, 6) is 0.238. The molecule has 36 heavy (non-hydrogen) atoms. The van der Waals surface area contributed by atoms with Crippen molar-refractivity contribution in [2.45, 2.75) is 69.7 Å². The van der Waals surface area contributed by atoms with Crippen molar-refractivity contribution in [2.75, 3.05) is 44.1 Å². The first kappa shape index (κ1) is 27.2. The van der Waals surface area contributed by atoms with Gasteiger partial charge in [-0.25, -0.2) is 4.79 Å². The molecule has 3 aliphatic rings. The van der Waals surface area contributed by atoms with Crippen LogP contribution in [0.25, 0.3) is 0 Å². The summed E-state index contributed by atoms with van der Waals surface area (Å²) in [6.45, 7) is 4.75. The molecular weight excluding hydrogens is 520 g/mol. The Morgan fingerprint density at radius 2 is 1.92 bits per heavy atom. The molecule has 1 aromatic carbocycles. The number of hydrogen-bond acceptors (Lipinski definition) is 5. The number of amides is 1. The molecule has 4 rings (SSSR count). The van der Waals surface area contributed by atoms with Crippen LogP contribution >= 0.6 is 15.9 Å². The summed E-state index contributed by atoms with van der Waals surface area (Å²) in [5.41, 5.74) is 2.30. The van der Waals surface area contributed by atoms with Crippen molar-refractivity contribution >= 4 is 33.5 Å². The molecule has 3 aliphatic heterocycles. The molecule has 0 N–H and O–H groups in total. The zero-order chi connectivity index (χ0) is 25.7. The molecule has 0 bridgehead atoms. The highest BCUT2D eigenvalue weighted by molar-refractivity contribution is 9.09. The van der Waals surface area contributed by atoms with Crippen molar-refractivity contribution in [3.05, 3.63) is 41.7 Å². The van der Waals surface area contributed by atoms with Crippen molar-refractivity contribution in [3.8, 4) is 0 Å². The molecule has 4 atom stereocenters. The van der Waals surface area contributed by atoms with E-state index >= 15 is 0 Å². The summed E-state index contributed by atoms with van der Waals surface area (Å²) in [6.07, 6.45) is 9.92. The van der Waals surface area contributed by atoms with Gasteiger partial charge in [-0.05, 0) is 55.7 Å². The lowest BCUT2D eigenvalue weighted by molar-refractivity contribution is -0.137. The molecule has 198 valence electrons. The fourth-order valence-electron chi connectivity index (χ4n) is 6.94. The van der Waals surface area contributed by atoms with Crippen LogP contribution in [0.2, 0.25) is 0 Å². The van der Waals surface area contributed by atoms with Crippen LogP contribution in [0.15, 0.2) is 36.1 Å². The van der Waals surface area contributed by atoms with Crippen LogP contribution in [-0.2, 0) is 24.5 Å². The Labute approximate surface area is 224 Å². The first-order valence-electron chi connectivity index (χ1n) is 13.6. The predicted molar refractivity (Wildman–Crippen MR) is 146 cm³/mol. The number of esters is 1. The van der Waals surface area contributed by atoms with Gasteiger partial charge in [0.05, 0.1) is 31.5 Å². The highest BCUT2D eigenvalue weighted by atomic mass is 79.9. The molecular formula is C29H41BrN2O4. The van der Waals surface area contributed by atoms with Crippen LogP contribution in [0.3, 0.4) is 0 Å². The molecule has 1 aromatic rings. The van der Waals surface area contributed by atoms with Gasteiger partial charge >= 0.3 is 5.97 Å². The molecule has 0 unspecified atom stereocenters. The highest BCUT2D eigenvalue weighted by Crippen LogP contribution is 2.55. The van der Waals surface area contributed by atoms with Gasteiger partial charge in [-0.15, -0.1) is 0 Å². The van der Waals surface area contributed by atoms with E-state index in [1.165, 1.54) is 31.9 Å². The van der Waals surface area contributed by atoms with Crippen molar-refractivity contribution in [1.82, 2.24) is 4.90 Å². The van der Waals surface area contributed by atoms with Crippen molar-refractivity contribution in [3.63, 3.8) is 0 Å². The van der Waals surface area contributed by atoms with Gasteiger partial charge in [-0.2, -0.15) is 0 Å². The molecule has 1 amide bonds. The lowest BCUT2D eigenvalue weighted by atomic mass is 9.67. The van der Waals surface area contributed by atoms with Crippen LogP contribution in [0, 0.1) is 11.8 Å². The SMILES string of the molecule is CC[C@H]1CN2CC[C@]3(C(=O)N(CCCCCCCBr)c4ccccc43)[C@@H]2C[C@@H]1/C(=C\OC)C(=O)OC. The number of halogens is 1. The Bertz CT molecular complexity index is 966. The third-order valence-corrected chi connectivity index (χ3v) is 9.29. The van der Waals surface area contributed by atoms with Crippen molar-refractivity contribution in [2.24, 2.45) is 11.8 Å². The Morgan fingerprint density at radius 3 is 2.64 bits per heavy atom. The molecule has 6 nitrogen and oxygen atoms in total. The first-order valence-corrected chi connectivity index (χ1v) is 14.7. The Balaban J connectivity index is 1.62. The fraction of sp³-hybridized carbons (Fsp3) is 0.655. The van der Waals surface area contributed by atoms with Crippen LogP contribution in [0.1, 0.15) is 63.9 Å². The standard InChI is InChI=1S/C29H41BrN2O4/c1-4-21-19-31-17-14-29(26(31)18-22(21)23(20-35-2)27(33)36-3)24-12-8-9-13-25(24)32(28(29)34)16-11-7-5-6-10-15-30/h8-9,12-13,20-22,26H,4-7,10-11,14-19H2,1-3H3/b23-20+/t21-,22-,26-,29+/m0/s1. The van der Waals surface area contributed by atoms with E-state index in [1.807, 2.05) is 6.07 Å². The summed E-state index contributed by atoms with van der Waals surface area (Å²) in [6, 6.07) is 8.47. The van der Waals surface area contributed by atoms with E-state index < -0.39 is 5.41 Å². The minimum Gasteiger partial charge on any atom is -0.504 e. The average molecular weight is 562 g/mol. The van der Waals surface area contributed by atoms with E-state index in [-0.39, 0.29) is 23.8 Å². The number of unbranched alkanes of at least 4 members (excludes halogenated alkanes) is 4. The second kappa shape index (κ2) is 12.1. The normalized spacial score (nSPS) is 27.9. The third-order valence-electron chi connectivity index (χ3n) is 8.73. The highest BCUT2D eigenvalue weighted by Gasteiger charge is 2.62. The van der Waals surface area contributed by atoms with Gasteiger partial charge < -0.3 is 14.4 Å². The largest absolute Gasteiger partial charge is 0.504 e. The van der Waals surface area contributed by atoms with Gasteiger partial charge in [-0.1, -0.05) is 66.7 Å². The number of piperidine rings is 1. The Hall–Kier alpha value is -1.86. The summed E-state index contributed by atoms with van der Waals surface area (Å²) < 4.78 is 10.5. The molecule has 1 spiro atoms. The maximum atomic E-state index is 14.3. The maximum Gasteiger partial charge on any atom is 0.337 e. The van der Waals surface area contributed by atoms with Crippen LogP contribution in [0.4, 0.5) is 5.69 Å². The van der Waals surface area contributed by atoms with Crippen LogP contribution in [0.5, 0.6) is 0 Å². The number of alkyl halides is 1. The number of carbonyl (C=O) groups is 2. The number of fused-ring (bicyclic) bond motifs is 4. The molecule has 2 fully saturated rings. The first-order chi connectivity index (χ1) is 17.5. The van der Waals surface area contributed by atoms with Gasteiger partial charge in [0.1, 0.15) is 0 Å². The summed E-state index contributed by atoms with van der Waals surface area (Å²) >= 11 is 3.51. The number of hydrogen-bond donors (Lipinski definition) is 0. The van der Waals surface area contributed by atoms with Crippen LogP contribution < -0.4 is 4.90 Å². The zero-order valence-corrected chi connectivity index (χ0v) is 23.6. The van der Waals surface area contributed by atoms with Crippen molar-refractivity contribution < 1.29 is 19.1 Å². The Kier molecular flexibility index (Phi) is 9.15. The van der Waals surface area contributed by atoms with Gasteiger partial charge in [0.15, 0.2) is 0 Å². The number of carbonyl (C=O) groups excluding carboxylic acids is 2. The average Bonchev–Trinajstić information content (AvgIpc) is 3.39.